The summed E-state index contributed by atoms with van der Waals surface area (Å²) in [4.78, 5) is 37.2. The van der Waals surface area contributed by atoms with Gasteiger partial charge in [0.1, 0.15) is 5.92 Å². The molecule has 1 fully saturated rings. The maximum atomic E-state index is 12.5. The Morgan fingerprint density at radius 3 is 2.50 bits per heavy atom. The molecule has 1 aliphatic rings. The van der Waals surface area contributed by atoms with Crippen molar-refractivity contribution in [1.82, 2.24) is 5.32 Å². The molecule has 1 aromatic rings. The molecule has 6 heteroatoms. The summed E-state index contributed by atoms with van der Waals surface area (Å²) in [5.41, 5.74) is 1.13. The number of imide groups is 2. The number of halogens is 1. The van der Waals surface area contributed by atoms with Crippen molar-refractivity contribution in [2.45, 2.75) is 20.8 Å². The highest BCUT2D eigenvalue weighted by Gasteiger charge is 2.43. The van der Waals surface area contributed by atoms with Gasteiger partial charge in [0.2, 0.25) is 11.8 Å². The first kappa shape index (κ1) is 14.5. The van der Waals surface area contributed by atoms with E-state index in [1.54, 1.807) is 39.0 Å². The molecule has 1 aliphatic heterocycles. The summed E-state index contributed by atoms with van der Waals surface area (Å²) >= 11 is 5.92. The number of nitrogens with one attached hydrogen (secondary N) is 1. The van der Waals surface area contributed by atoms with Crippen molar-refractivity contribution in [3.63, 3.8) is 0 Å². The van der Waals surface area contributed by atoms with Gasteiger partial charge in [0.05, 0.1) is 5.69 Å². The Morgan fingerprint density at radius 1 is 1.25 bits per heavy atom. The first-order chi connectivity index (χ1) is 9.32. The van der Waals surface area contributed by atoms with Crippen LogP contribution in [0.2, 0.25) is 5.02 Å². The molecule has 0 spiro atoms. The third kappa shape index (κ3) is 2.41. The number of hydrogen-bond donors (Lipinski definition) is 1. The van der Waals surface area contributed by atoms with E-state index in [4.69, 9.17) is 11.6 Å². The van der Waals surface area contributed by atoms with Crippen LogP contribution in [0.15, 0.2) is 18.2 Å². The first-order valence-electron chi connectivity index (χ1n) is 6.28. The highest BCUT2D eigenvalue weighted by Crippen LogP contribution is 2.29. The lowest BCUT2D eigenvalue weighted by Gasteiger charge is -2.32. The summed E-state index contributed by atoms with van der Waals surface area (Å²) in [6.07, 6.45) is 0. The molecule has 1 heterocycles. The number of urea groups is 1. The first-order valence-corrected chi connectivity index (χ1v) is 6.65. The highest BCUT2D eigenvalue weighted by molar-refractivity contribution is 6.32. The second kappa shape index (κ2) is 5.25. The van der Waals surface area contributed by atoms with Gasteiger partial charge in [-0.1, -0.05) is 31.5 Å². The summed E-state index contributed by atoms with van der Waals surface area (Å²) in [5, 5.41) is 2.64. The van der Waals surface area contributed by atoms with Crippen molar-refractivity contribution < 1.29 is 14.4 Å². The van der Waals surface area contributed by atoms with Gasteiger partial charge in [0.25, 0.3) is 0 Å². The molecule has 1 N–H and O–H groups in total. The van der Waals surface area contributed by atoms with Crippen molar-refractivity contribution in [1.29, 1.82) is 0 Å². The van der Waals surface area contributed by atoms with Crippen LogP contribution in [0.5, 0.6) is 0 Å². The molecular formula is C14H15ClN2O3. The number of hydrogen-bond acceptors (Lipinski definition) is 3. The van der Waals surface area contributed by atoms with Crippen LogP contribution in [0.3, 0.4) is 0 Å². The number of nitrogens with zero attached hydrogens (tertiary/aromatic N) is 1. The summed E-state index contributed by atoms with van der Waals surface area (Å²) in [7, 11) is 0. The van der Waals surface area contributed by atoms with Crippen molar-refractivity contribution in [2.75, 3.05) is 4.90 Å². The highest BCUT2D eigenvalue weighted by atomic mass is 35.5. The lowest BCUT2D eigenvalue weighted by atomic mass is 9.91. The average Bonchev–Trinajstić information content (AvgIpc) is 2.32. The van der Waals surface area contributed by atoms with Crippen LogP contribution in [0.25, 0.3) is 0 Å². The molecule has 1 saturated heterocycles. The van der Waals surface area contributed by atoms with E-state index in [2.05, 4.69) is 5.32 Å². The maximum absolute atomic E-state index is 12.5. The molecule has 106 valence electrons. The van der Waals surface area contributed by atoms with Gasteiger partial charge < -0.3 is 0 Å². The zero-order valence-corrected chi connectivity index (χ0v) is 12.2. The molecule has 1 atom stereocenters. The number of carbonyl (C=O) groups is 3. The molecule has 0 saturated carbocycles. The number of rotatable bonds is 2. The van der Waals surface area contributed by atoms with Gasteiger partial charge >= 0.3 is 6.03 Å². The zero-order valence-electron chi connectivity index (χ0n) is 11.4. The number of anilines is 1. The van der Waals surface area contributed by atoms with Crippen molar-refractivity contribution in [2.24, 2.45) is 11.8 Å². The van der Waals surface area contributed by atoms with E-state index in [0.29, 0.717) is 10.7 Å². The molecule has 0 aromatic heterocycles. The van der Waals surface area contributed by atoms with E-state index < -0.39 is 23.8 Å². The van der Waals surface area contributed by atoms with Crippen LogP contribution in [-0.4, -0.2) is 17.8 Å². The third-order valence-corrected chi connectivity index (χ3v) is 3.52. The third-order valence-electron chi connectivity index (χ3n) is 3.28. The second-order valence-electron chi connectivity index (χ2n) is 5.12. The molecule has 20 heavy (non-hydrogen) atoms. The molecule has 1 aromatic carbocycles. The van der Waals surface area contributed by atoms with Crippen LogP contribution in [0.1, 0.15) is 19.4 Å². The normalized spacial score (nSPS) is 19.6. The summed E-state index contributed by atoms with van der Waals surface area (Å²) in [5.74, 6) is -2.13. The quantitative estimate of drug-likeness (QED) is 0.852. The van der Waals surface area contributed by atoms with Gasteiger partial charge in [-0.15, -0.1) is 0 Å². The average molecular weight is 295 g/mol. The van der Waals surface area contributed by atoms with Crippen LogP contribution >= 0.6 is 11.6 Å². The molecule has 0 aliphatic carbocycles. The Bertz CT molecular complexity index is 598. The van der Waals surface area contributed by atoms with E-state index >= 15 is 0 Å². The van der Waals surface area contributed by atoms with Gasteiger partial charge in [0, 0.05) is 5.02 Å². The molecule has 1 unspecified atom stereocenters. The zero-order chi connectivity index (χ0) is 15.0. The molecule has 5 nitrogen and oxygen atoms in total. The molecular weight excluding hydrogens is 280 g/mol. The smallest absolute Gasteiger partial charge is 0.277 e. The number of amides is 4. The summed E-state index contributed by atoms with van der Waals surface area (Å²) in [6, 6.07) is 4.21. The largest absolute Gasteiger partial charge is 0.335 e. The topological polar surface area (TPSA) is 66.5 Å². The lowest BCUT2D eigenvalue weighted by Crippen LogP contribution is -2.59. The Balaban J connectivity index is 2.49. The minimum Gasteiger partial charge on any atom is -0.277 e. The Morgan fingerprint density at radius 2 is 1.90 bits per heavy atom. The van der Waals surface area contributed by atoms with E-state index in [1.165, 1.54) is 0 Å². The maximum Gasteiger partial charge on any atom is 0.335 e. The van der Waals surface area contributed by atoms with Crippen molar-refractivity contribution in [3.8, 4) is 0 Å². The van der Waals surface area contributed by atoms with E-state index in [1.807, 2.05) is 0 Å². The van der Waals surface area contributed by atoms with Gasteiger partial charge in [0.15, 0.2) is 0 Å². The van der Waals surface area contributed by atoms with E-state index in [0.717, 1.165) is 10.5 Å². The Hall–Kier alpha value is -1.88. The lowest BCUT2D eigenvalue weighted by molar-refractivity contribution is -0.136. The van der Waals surface area contributed by atoms with E-state index in [9.17, 15) is 14.4 Å². The summed E-state index contributed by atoms with van der Waals surface area (Å²) in [6.45, 7) is 5.30. The summed E-state index contributed by atoms with van der Waals surface area (Å²) < 4.78 is 0. The van der Waals surface area contributed by atoms with Crippen LogP contribution in [-0.2, 0) is 9.59 Å². The SMILES string of the molecule is Cc1ccc(Cl)cc1N1C(=O)NC(=O)C(C(C)C)C1=O. The van der Waals surface area contributed by atoms with Crippen LogP contribution in [0.4, 0.5) is 10.5 Å². The van der Waals surface area contributed by atoms with E-state index in [-0.39, 0.29) is 5.92 Å². The fourth-order valence-corrected chi connectivity index (χ4v) is 2.40. The van der Waals surface area contributed by atoms with Gasteiger partial charge in [-0.2, -0.15) is 0 Å². The predicted molar refractivity (Wildman–Crippen MR) is 75.5 cm³/mol. The molecule has 4 amide bonds. The number of carbonyl (C=O) groups excluding carboxylic acids is 3. The van der Waals surface area contributed by atoms with Gasteiger partial charge in [-0.3, -0.25) is 14.9 Å². The molecule has 2 rings (SSSR count). The standard InChI is InChI=1S/C14H15ClN2O3/c1-7(2)11-12(18)16-14(20)17(13(11)19)10-6-9(15)5-4-8(10)3/h4-7,11H,1-3H3,(H,16,18,20). The van der Waals surface area contributed by atoms with Crippen LogP contribution < -0.4 is 10.2 Å². The number of aryl methyl sites for hydroxylation is 1. The fourth-order valence-electron chi connectivity index (χ4n) is 2.23. The Labute approximate surface area is 121 Å². The predicted octanol–water partition coefficient (Wildman–Crippen LogP) is 2.50. The molecule has 0 bridgehead atoms. The fraction of sp³-hybridized carbons (Fsp3) is 0.357. The second-order valence-corrected chi connectivity index (χ2v) is 5.56. The van der Waals surface area contributed by atoms with Crippen molar-refractivity contribution >= 4 is 35.1 Å². The minimum absolute atomic E-state index is 0.197. The number of barbiturate groups is 1. The number of benzene rings is 1. The van der Waals surface area contributed by atoms with Crippen molar-refractivity contribution in [3.05, 3.63) is 28.8 Å². The Kier molecular flexibility index (Phi) is 3.81. The molecule has 0 radical (unpaired) electrons. The monoisotopic (exact) mass is 294 g/mol. The van der Waals surface area contributed by atoms with Gasteiger partial charge in [-0.05, 0) is 30.5 Å². The van der Waals surface area contributed by atoms with Crippen LogP contribution in [0, 0.1) is 18.8 Å². The minimum atomic E-state index is -0.869. The van der Waals surface area contributed by atoms with Gasteiger partial charge in [-0.25, -0.2) is 9.69 Å².